The van der Waals surface area contributed by atoms with Gasteiger partial charge in [0.2, 0.25) is 0 Å². The summed E-state index contributed by atoms with van der Waals surface area (Å²) in [6.07, 6.45) is 1.85. The van der Waals surface area contributed by atoms with Crippen LogP contribution >= 0.6 is 0 Å². The number of hydrogen-bond acceptors (Lipinski definition) is 3. The van der Waals surface area contributed by atoms with Crippen molar-refractivity contribution in [2.75, 3.05) is 5.73 Å². The normalized spacial score (nSPS) is 13.6. The Morgan fingerprint density at radius 2 is 2.23 bits per heavy atom. The predicted octanol–water partition coefficient (Wildman–Crippen LogP) is 1.08. The molecule has 0 aliphatic heterocycles. The molecule has 0 fully saturated rings. The van der Waals surface area contributed by atoms with E-state index in [0.717, 1.165) is 12.0 Å². The largest absolute Gasteiger partial charge is 0.388 e. The summed E-state index contributed by atoms with van der Waals surface area (Å²) in [6.45, 7) is 4.13. The third kappa shape index (κ3) is 2.21. The maximum absolute atomic E-state index is 9.75. The van der Waals surface area contributed by atoms with E-state index >= 15 is 0 Å². The average Bonchev–Trinajstić information content (AvgIpc) is 2.31. The van der Waals surface area contributed by atoms with E-state index in [1.54, 1.807) is 17.9 Å². The Labute approximate surface area is 78.4 Å². The zero-order valence-corrected chi connectivity index (χ0v) is 8.36. The van der Waals surface area contributed by atoms with Gasteiger partial charge in [-0.1, -0.05) is 13.8 Å². The lowest BCUT2D eigenvalue weighted by Gasteiger charge is -2.11. The van der Waals surface area contributed by atoms with E-state index in [2.05, 4.69) is 18.9 Å². The van der Waals surface area contributed by atoms with Crippen LogP contribution in [0.4, 0.5) is 5.82 Å². The fraction of sp³-hybridized carbons (Fsp3) is 0.667. The van der Waals surface area contributed by atoms with Crippen LogP contribution in [0.1, 0.15) is 31.9 Å². The molecular formula is C9H17N3O. The smallest absolute Gasteiger partial charge is 0.127 e. The van der Waals surface area contributed by atoms with Crippen molar-refractivity contribution in [3.63, 3.8) is 0 Å². The van der Waals surface area contributed by atoms with Gasteiger partial charge in [-0.2, -0.15) is 5.10 Å². The molecule has 0 aromatic carbocycles. The second kappa shape index (κ2) is 3.79. The Hall–Kier alpha value is -1.03. The third-order valence-electron chi connectivity index (χ3n) is 2.07. The lowest BCUT2D eigenvalue weighted by molar-refractivity contribution is 0.151. The highest BCUT2D eigenvalue weighted by atomic mass is 16.3. The van der Waals surface area contributed by atoms with Gasteiger partial charge in [-0.25, -0.2) is 0 Å². The molecule has 1 unspecified atom stereocenters. The minimum atomic E-state index is -0.492. The zero-order valence-electron chi connectivity index (χ0n) is 8.36. The van der Waals surface area contributed by atoms with Crippen LogP contribution in [0, 0.1) is 5.92 Å². The number of nitrogens with zero attached hydrogens (tertiary/aromatic N) is 2. The fourth-order valence-corrected chi connectivity index (χ4v) is 1.29. The Bertz CT molecular complexity index is 280. The van der Waals surface area contributed by atoms with Crippen LogP contribution in [-0.4, -0.2) is 14.9 Å². The van der Waals surface area contributed by atoms with Crippen LogP contribution in [0.5, 0.6) is 0 Å². The number of nitrogen functional groups attached to an aromatic ring is 1. The van der Waals surface area contributed by atoms with Crippen LogP contribution in [0.25, 0.3) is 0 Å². The van der Waals surface area contributed by atoms with E-state index in [1.807, 2.05) is 0 Å². The van der Waals surface area contributed by atoms with Crippen molar-refractivity contribution < 1.29 is 5.11 Å². The van der Waals surface area contributed by atoms with Gasteiger partial charge in [-0.3, -0.25) is 4.68 Å². The van der Waals surface area contributed by atoms with Gasteiger partial charge in [-0.05, 0) is 12.3 Å². The quantitative estimate of drug-likeness (QED) is 0.737. The molecule has 13 heavy (non-hydrogen) atoms. The molecule has 1 atom stereocenters. The van der Waals surface area contributed by atoms with Gasteiger partial charge in [0.1, 0.15) is 5.82 Å². The summed E-state index contributed by atoms with van der Waals surface area (Å²) in [5.74, 6) is 1.00. The van der Waals surface area contributed by atoms with Crippen molar-refractivity contribution in [3.05, 3.63) is 11.8 Å². The number of anilines is 1. The first-order valence-electron chi connectivity index (χ1n) is 4.47. The number of aliphatic hydroxyl groups excluding tert-OH is 1. The van der Waals surface area contributed by atoms with E-state index in [1.165, 1.54) is 0 Å². The maximum atomic E-state index is 9.75. The summed E-state index contributed by atoms with van der Waals surface area (Å²) in [6, 6.07) is 0. The first-order chi connectivity index (χ1) is 6.02. The maximum Gasteiger partial charge on any atom is 0.127 e. The molecule has 74 valence electrons. The van der Waals surface area contributed by atoms with Crippen molar-refractivity contribution in [1.29, 1.82) is 0 Å². The lowest BCUT2D eigenvalue weighted by Crippen LogP contribution is -2.05. The van der Waals surface area contributed by atoms with E-state index in [4.69, 9.17) is 5.73 Å². The average molecular weight is 183 g/mol. The number of rotatable bonds is 3. The molecule has 3 N–H and O–H groups in total. The molecular weight excluding hydrogens is 166 g/mol. The molecule has 0 radical (unpaired) electrons. The van der Waals surface area contributed by atoms with Crippen molar-refractivity contribution in [2.45, 2.75) is 26.4 Å². The fourth-order valence-electron chi connectivity index (χ4n) is 1.29. The SMILES string of the molecule is CC(C)CC(O)c1cnn(C)c1N. The van der Waals surface area contributed by atoms with Gasteiger partial charge in [-0.15, -0.1) is 0 Å². The lowest BCUT2D eigenvalue weighted by atomic mass is 10.0. The van der Waals surface area contributed by atoms with E-state index < -0.39 is 6.10 Å². The van der Waals surface area contributed by atoms with Crippen LogP contribution < -0.4 is 5.73 Å². The molecule has 0 saturated heterocycles. The molecule has 4 heteroatoms. The highest BCUT2D eigenvalue weighted by Gasteiger charge is 2.15. The van der Waals surface area contributed by atoms with Gasteiger partial charge >= 0.3 is 0 Å². The Kier molecular flexibility index (Phi) is 2.93. The molecule has 0 spiro atoms. The van der Waals surface area contributed by atoms with Crippen molar-refractivity contribution >= 4 is 5.82 Å². The first-order valence-corrected chi connectivity index (χ1v) is 4.47. The summed E-state index contributed by atoms with van der Waals surface area (Å²) in [5, 5.41) is 13.7. The molecule has 0 amide bonds. The second-order valence-corrected chi connectivity index (χ2v) is 3.75. The minimum absolute atomic E-state index is 0.453. The number of aryl methyl sites for hydroxylation is 1. The van der Waals surface area contributed by atoms with Crippen LogP contribution in [0.2, 0.25) is 0 Å². The molecule has 1 aromatic rings. The third-order valence-corrected chi connectivity index (χ3v) is 2.07. The molecule has 1 heterocycles. The molecule has 0 bridgehead atoms. The number of hydrogen-bond donors (Lipinski definition) is 2. The minimum Gasteiger partial charge on any atom is -0.388 e. The predicted molar refractivity (Wildman–Crippen MR) is 52.0 cm³/mol. The second-order valence-electron chi connectivity index (χ2n) is 3.75. The van der Waals surface area contributed by atoms with Gasteiger partial charge in [0, 0.05) is 12.6 Å². The molecule has 0 aliphatic rings. The first kappa shape index (κ1) is 10.1. The monoisotopic (exact) mass is 183 g/mol. The van der Waals surface area contributed by atoms with Crippen LogP contribution in [-0.2, 0) is 7.05 Å². The van der Waals surface area contributed by atoms with Crippen molar-refractivity contribution in [3.8, 4) is 0 Å². The highest BCUT2D eigenvalue weighted by Crippen LogP contribution is 2.24. The van der Waals surface area contributed by atoms with Gasteiger partial charge in [0.25, 0.3) is 0 Å². The summed E-state index contributed by atoms with van der Waals surface area (Å²) in [7, 11) is 1.76. The number of nitrogens with two attached hydrogens (primary N) is 1. The van der Waals surface area contributed by atoms with E-state index in [0.29, 0.717) is 11.7 Å². The van der Waals surface area contributed by atoms with E-state index in [-0.39, 0.29) is 0 Å². The molecule has 1 rings (SSSR count). The summed E-state index contributed by atoms with van der Waals surface area (Å²) in [5.41, 5.74) is 6.45. The Balaban J connectivity index is 2.76. The number of aromatic nitrogens is 2. The van der Waals surface area contributed by atoms with Crippen molar-refractivity contribution in [1.82, 2.24) is 9.78 Å². The van der Waals surface area contributed by atoms with Gasteiger partial charge < -0.3 is 10.8 Å². The molecule has 0 saturated carbocycles. The topological polar surface area (TPSA) is 64.1 Å². The molecule has 0 aliphatic carbocycles. The van der Waals surface area contributed by atoms with Crippen molar-refractivity contribution in [2.24, 2.45) is 13.0 Å². The van der Waals surface area contributed by atoms with E-state index in [9.17, 15) is 5.11 Å². The zero-order chi connectivity index (χ0) is 10.0. The number of aliphatic hydroxyl groups is 1. The Morgan fingerprint density at radius 3 is 2.62 bits per heavy atom. The summed E-state index contributed by atoms with van der Waals surface area (Å²) in [4.78, 5) is 0. The van der Waals surface area contributed by atoms with Gasteiger partial charge in [0.05, 0.1) is 12.3 Å². The summed E-state index contributed by atoms with van der Waals surface area (Å²) >= 11 is 0. The molecule has 1 aromatic heterocycles. The Morgan fingerprint density at radius 1 is 1.62 bits per heavy atom. The highest BCUT2D eigenvalue weighted by molar-refractivity contribution is 5.39. The molecule has 4 nitrogen and oxygen atoms in total. The van der Waals surface area contributed by atoms with Crippen LogP contribution in [0.15, 0.2) is 6.20 Å². The standard InChI is InChI=1S/C9H17N3O/c1-6(2)4-8(13)7-5-11-12(3)9(7)10/h5-6,8,13H,4,10H2,1-3H3. The van der Waals surface area contributed by atoms with Crippen LogP contribution in [0.3, 0.4) is 0 Å². The summed E-state index contributed by atoms with van der Waals surface area (Å²) < 4.78 is 1.57. The van der Waals surface area contributed by atoms with Gasteiger partial charge in [0.15, 0.2) is 0 Å².